The molecule has 1 unspecified atom stereocenters. The maximum atomic E-state index is 12.4. The van der Waals surface area contributed by atoms with Crippen molar-refractivity contribution in [3.63, 3.8) is 0 Å². The zero-order valence-electron chi connectivity index (χ0n) is 15.0. The van der Waals surface area contributed by atoms with Crippen LogP contribution >= 0.6 is 0 Å². The molecule has 4 fully saturated rings. The Morgan fingerprint density at radius 3 is 2.48 bits per heavy atom. The molecule has 3 N–H and O–H groups in total. The normalized spacial score (nSPS) is 54.0. The number of aliphatic hydroxyl groups excluding tert-OH is 1. The number of aliphatic carboxylic acids is 2. The van der Waals surface area contributed by atoms with E-state index in [1.807, 2.05) is 0 Å². The van der Waals surface area contributed by atoms with Crippen LogP contribution < -0.4 is 0 Å². The molecule has 4 rings (SSSR count). The molecule has 4 saturated carbocycles. The first-order chi connectivity index (χ1) is 11.6. The van der Waals surface area contributed by atoms with Crippen molar-refractivity contribution in [1.29, 1.82) is 0 Å². The van der Waals surface area contributed by atoms with Crippen LogP contribution in [0.1, 0.15) is 52.4 Å². The van der Waals surface area contributed by atoms with Crippen LogP contribution in [0.2, 0.25) is 0 Å². The van der Waals surface area contributed by atoms with E-state index in [9.17, 15) is 24.9 Å². The van der Waals surface area contributed by atoms with Crippen LogP contribution in [0.25, 0.3) is 0 Å². The SMILES string of the molecule is C=C1C[C@@]23CC1[C@H](O)C[C@H]2[C@]1(C)CCC[C@@](C)(C(=O)O)[C@H]1[C@@H]3C(=O)O. The lowest BCUT2D eigenvalue weighted by Crippen LogP contribution is -2.50. The van der Waals surface area contributed by atoms with E-state index in [0.29, 0.717) is 25.7 Å². The summed E-state index contributed by atoms with van der Waals surface area (Å²) in [4.78, 5) is 24.7. The number of carboxylic acids is 2. The summed E-state index contributed by atoms with van der Waals surface area (Å²) in [7, 11) is 0. The highest BCUT2D eigenvalue weighted by Gasteiger charge is 2.76. The van der Waals surface area contributed by atoms with Crippen LogP contribution in [0.4, 0.5) is 0 Å². The van der Waals surface area contributed by atoms with E-state index in [4.69, 9.17) is 0 Å². The summed E-state index contributed by atoms with van der Waals surface area (Å²) in [6, 6.07) is 0. The molecule has 0 aromatic heterocycles. The molecule has 1 spiro atoms. The molecule has 25 heavy (non-hydrogen) atoms. The van der Waals surface area contributed by atoms with E-state index in [1.165, 1.54) is 0 Å². The van der Waals surface area contributed by atoms with Crippen molar-refractivity contribution in [2.75, 3.05) is 0 Å². The first-order valence-corrected chi connectivity index (χ1v) is 9.40. The number of hydrogen-bond acceptors (Lipinski definition) is 3. The van der Waals surface area contributed by atoms with Gasteiger partial charge >= 0.3 is 11.9 Å². The third kappa shape index (κ3) is 1.83. The van der Waals surface area contributed by atoms with Gasteiger partial charge in [-0.05, 0) is 61.7 Å². The van der Waals surface area contributed by atoms with Gasteiger partial charge in [-0.25, -0.2) is 0 Å². The quantitative estimate of drug-likeness (QED) is 0.667. The second-order valence-corrected chi connectivity index (χ2v) is 9.61. The Kier molecular flexibility index (Phi) is 3.33. The number of hydrogen-bond donors (Lipinski definition) is 3. The van der Waals surface area contributed by atoms with Gasteiger partial charge in [0.25, 0.3) is 0 Å². The zero-order valence-corrected chi connectivity index (χ0v) is 15.0. The molecule has 5 heteroatoms. The Hall–Kier alpha value is -1.36. The van der Waals surface area contributed by atoms with Crippen molar-refractivity contribution in [1.82, 2.24) is 0 Å². The number of carbonyl (C=O) groups is 2. The van der Waals surface area contributed by atoms with Crippen LogP contribution in [0.5, 0.6) is 0 Å². The lowest BCUT2D eigenvalue weighted by Gasteiger charge is -2.50. The Balaban J connectivity index is 1.93. The van der Waals surface area contributed by atoms with Crippen LogP contribution in [0, 0.1) is 39.9 Å². The molecule has 5 nitrogen and oxygen atoms in total. The number of fused-ring (bicyclic) bond motifs is 3. The third-order valence-electron chi connectivity index (χ3n) is 8.63. The fraction of sp³-hybridized carbons (Fsp3) is 0.800. The number of aliphatic hydroxyl groups is 1. The Morgan fingerprint density at radius 1 is 1.20 bits per heavy atom. The Morgan fingerprint density at radius 2 is 1.88 bits per heavy atom. The van der Waals surface area contributed by atoms with Gasteiger partial charge in [0.05, 0.1) is 17.4 Å². The Bertz CT molecular complexity index is 671. The molecule has 0 saturated heterocycles. The van der Waals surface area contributed by atoms with Crippen LogP contribution in [0.3, 0.4) is 0 Å². The maximum absolute atomic E-state index is 12.4. The summed E-state index contributed by atoms with van der Waals surface area (Å²) >= 11 is 0. The summed E-state index contributed by atoms with van der Waals surface area (Å²) in [5.74, 6) is -2.78. The van der Waals surface area contributed by atoms with Crippen molar-refractivity contribution < 1.29 is 24.9 Å². The average Bonchev–Trinajstić information content (AvgIpc) is 2.92. The first-order valence-electron chi connectivity index (χ1n) is 9.40. The fourth-order valence-electron chi connectivity index (χ4n) is 7.85. The maximum Gasteiger partial charge on any atom is 0.309 e. The molecule has 138 valence electrons. The van der Waals surface area contributed by atoms with Crippen LogP contribution in [-0.2, 0) is 9.59 Å². The molecule has 4 aliphatic rings. The van der Waals surface area contributed by atoms with Gasteiger partial charge < -0.3 is 15.3 Å². The number of rotatable bonds is 2. The minimum absolute atomic E-state index is 0.0297. The molecular weight excluding hydrogens is 320 g/mol. The minimum Gasteiger partial charge on any atom is -0.481 e. The lowest BCUT2D eigenvalue weighted by atomic mass is 9.53. The predicted molar refractivity (Wildman–Crippen MR) is 90.7 cm³/mol. The lowest BCUT2D eigenvalue weighted by molar-refractivity contribution is -0.166. The summed E-state index contributed by atoms with van der Waals surface area (Å²) < 4.78 is 0. The highest BCUT2D eigenvalue weighted by molar-refractivity contribution is 5.79. The molecule has 0 aliphatic heterocycles. The zero-order chi connectivity index (χ0) is 18.4. The topological polar surface area (TPSA) is 94.8 Å². The standard InChI is InChI=1S/C20H28O5/c1-10-8-20-9-11(10)12(21)7-13(20)18(2)5-4-6-19(3,17(24)25)15(18)14(20)16(22)23/h11-15,21H,1,4-9H2,2-3H3,(H,22,23)(H,24,25)/t11?,12-,13+,14-,15+,18+,19-,20-/m1/s1. The molecule has 0 aromatic carbocycles. The van der Waals surface area contributed by atoms with E-state index in [0.717, 1.165) is 18.4 Å². The molecule has 2 bridgehead atoms. The van der Waals surface area contributed by atoms with Crippen molar-refractivity contribution in [2.45, 2.75) is 58.5 Å². The molecule has 0 aromatic rings. The van der Waals surface area contributed by atoms with E-state index < -0.39 is 40.7 Å². The minimum atomic E-state index is -1.02. The third-order valence-corrected chi connectivity index (χ3v) is 8.63. The van der Waals surface area contributed by atoms with Crippen molar-refractivity contribution in [3.8, 4) is 0 Å². The van der Waals surface area contributed by atoms with Gasteiger partial charge in [0, 0.05) is 5.92 Å². The second kappa shape index (κ2) is 4.87. The smallest absolute Gasteiger partial charge is 0.309 e. The second-order valence-electron chi connectivity index (χ2n) is 9.61. The van der Waals surface area contributed by atoms with Crippen LogP contribution in [-0.4, -0.2) is 33.4 Å². The summed E-state index contributed by atoms with van der Waals surface area (Å²) in [6.07, 6.45) is 3.55. The molecule has 0 radical (unpaired) electrons. The van der Waals surface area contributed by atoms with E-state index in [2.05, 4.69) is 13.5 Å². The highest BCUT2D eigenvalue weighted by atomic mass is 16.4. The summed E-state index contributed by atoms with van der Waals surface area (Å²) in [6.45, 7) is 7.99. The molecule has 4 aliphatic carbocycles. The number of carboxylic acid groups (broad SMARTS) is 2. The predicted octanol–water partition coefficient (Wildman–Crippen LogP) is 2.93. The van der Waals surface area contributed by atoms with Crippen LogP contribution in [0.15, 0.2) is 12.2 Å². The molecule has 8 atom stereocenters. The highest BCUT2D eigenvalue weighted by Crippen LogP contribution is 2.77. The van der Waals surface area contributed by atoms with Gasteiger partial charge in [-0.1, -0.05) is 25.5 Å². The van der Waals surface area contributed by atoms with Gasteiger partial charge in [0.1, 0.15) is 0 Å². The molecular formula is C20H28O5. The average molecular weight is 348 g/mol. The van der Waals surface area contributed by atoms with Gasteiger partial charge in [-0.2, -0.15) is 0 Å². The first kappa shape index (κ1) is 17.1. The van der Waals surface area contributed by atoms with Crippen molar-refractivity contribution in [2.24, 2.45) is 39.9 Å². The van der Waals surface area contributed by atoms with E-state index in [-0.39, 0.29) is 17.3 Å². The fourth-order valence-corrected chi connectivity index (χ4v) is 7.85. The largest absolute Gasteiger partial charge is 0.481 e. The summed E-state index contributed by atoms with van der Waals surface area (Å²) in [5, 5.41) is 30.9. The van der Waals surface area contributed by atoms with Gasteiger partial charge in [-0.15, -0.1) is 0 Å². The van der Waals surface area contributed by atoms with Gasteiger partial charge in [-0.3, -0.25) is 9.59 Å². The Labute approximate surface area is 148 Å². The summed E-state index contributed by atoms with van der Waals surface area (Å²) in [5.41, 5.74) is -0.856. The van der Waals surface area contributed by atoms with Crippen molar-refractivity contribution >= 4 is 11.9 Å². The molecule has 0 heterocycles. The van der Waals surface area contributed by atoms with E-state index >= 15 is 0 Å². The van der Waals surface area contributed by atoms with Gasteiger partial charge in [0.15, 0.2) is 0 Å². The van der Waals surface area contributed by atoms with Gasteiger partial charge in [0.2, 0.25) is 0 Å². The molecule has 0 amide bonds. The monoisotopic (exact) mass is 348 g/mol. The van der Waals surface area contributed by atoms with Crippen molar-refractivity contribution in [3.05, 3.63) is 12.2 Å². The van der Waals surface area contributed by atoms with E-state index in [1.54, 1.807) is 6.92 Å².